The van der Waals surface area contributed by atoms with Crippen LogP contribution in [-0.2, 0) is 6.54 Å². The highest BCUT2D eigenvalue weighted by molar-refractivity contribution is 7.80. The fraction of sp³-hybridized carbons (Fsp3) is 0.545. The highest BCUT2D eigenvalue weighted by Gasteiger charge is 2.15. The lowest BCUT2D eigenvalue weighted by Crippen LogP contribution is -3.06. The van der Waals surface area contributed by atoms with Gasteiger partial charge in [-0.2, -0.15) is 0 Å². The number of quaternary nitrogens is 2. The molecule has 1 heterocycles. The minimum absolute atomic E-state index is 0.0364. The first kappa shape index (κ1) is 23.3. The molecule has 0 aliphatic heterocycles. The summed E-state index contributed by atoms with van der Waals surface area (Å²) < 4.78 is 0. The standard InChI is InChI=1S/C22H35N5OS/c1-16-12-17(2)20-18(13-16)14-19(21(28)24-20)15-27(11-10-26(5)6)22(29)23-8-7-9-25(3)4/h12-14H,7-11,15H2,1-6H3,(H,23,29)(H,24,28)/p+2. The van der Waals surface area contributed by atoms with Crippen LogP contribution in [0.1, 0.15) is 23.1 Å². The van der Waals surface area contributed by atoms with E-state index in [1.54, 1.807) is 0 Å². The molecule has 0 saturated heterocycles. The normalized spacial score (nSPS) is 11.4. The number of rotatable bonds is 9. The molecule has 2 rings (SSSR count). The Morgan fingerprint density at radius 2 is 1.79 bits per heavy atom. The van der Waals surface area contributed by atoms with E-state index in [2.05, 4.69) is 62.4 Å². The molecule has 2 aromatic rings. The number of nitrogens with one attached hydrogen (secondary N) is 4. The highest BCUT2D eigenvalue weighted by Crippen LogP contribution is 2.18. The Labute approximate surface area is 179 Å². The van der Waals surface area contributed by atoms with Crippen molar-refractivity contribution < 1.29 is 9.80 Å². The van der Waals surface area contributed by atoms with Gasteiger partial charge in [-0.25, -0.2) is 0 Å². The van der Waals surface area contributed by atoms with Gasteiger partial charge in [0.2, 0.25) is 0 Å². The third-order valence-corrected chi connectivity index (χ3v) is 5.43. The molecule has 29 heavy (non-hydrogen) atoms. The summed E-state index contributed by atoms with van der Waals surface area (Å²) in [6.07, 6.45) is 1.06. The maximum absolute atomic E-state index is 12.7. The minimum atomic E-state index is -0.0364. The molecule has 0 saturated carbocycles. The Bertz CT molecular complexity index is 891. The summed E-state index contributed by atoms with van der Waals surface area (Å²) in [5, 5.41) is 5.17. The Kier molecular flexibility index (Phi) is 8.61. The van der Waals surface area contributed by atoms with Crippen LogP contribution in [-0.4, -0.2) is 69.4 Å². The highest BCUT2D eigenvalue weighted by atomic mass is 32.1. The van der Waals surface area contributed by atoms with Gasteiger partial charge in [-0.05, 0) is 49.1 Å². The molecule has 7 heteroatoms. The first-order valence-corrected chi connectivity index (χ1v) is 10.8. The molecule has 1 aromatic heterocycles. The van der Waals surface area contributed by atoms with Gasteiger partial charge in [-0.1, -0.05) is 11.6 Å². The number of H-pyrrole nitrogens is 1. The number of fused-ring (bicyclic) bond motifs is 1. The minimum Gasteiger partial charge on any atom is -0.362 e. The molecule has 0 bridgehead atoms. The molecule has 0 amide bonds. The predicted molar refractivity (Wildman–Crippen MR) is 125 cm³/mol. The molecule has 4 N–H and O–H groups in total. The topological polar surface area (TPSA) is 57.0 Å². The molecule has 160 valence electrons. The molecular weight excluding hydrogens is 382 g/mol. The number of pyridine rings is 1. The largest absolute Gasteiger partial charge is 0.362 e. The van der Waals surface area contributed by atoms with E-state index in [0.717, 1.165) is 59.7 Å². The van der Waals surface area contributed by atoms with Crippen molar-refractivity contribution in [3.05, 3.63) is 45.2 Å². The first-order chi connectivity index (χ1) is 13.7. The van der Waals surface area contributed by atoms with E-state index in [-0.39, 0.29) is 5.56 Å². The molecule has 6 nitrogen and oxygen atoms in total. The third kappa shape index (κ3) is 7.10. The van der Waals surface area contributed by atoms with Crippen LogP contribution < -0.4 is 20.7 Å². The van der Waals surface area contributed by atoms with Crippen molar-refractivity contribution in [2.24, 2.45) is 0 Å². The number of hydrogen-bond donors (Lipinski definition) is 4. The fourth-order valence-electron chi connectivity index (χ4n) is 3.42. The van der Waals surface area contributed by atoms with Gasteiger partial charge in [-0.3, -0.25) is 4.79 Å². The van der Waals surface area contributed by atoms with Crippen LogP contribution in [0.2, 0.25) is 0 Å². The van der Waals surface area contributed by atoms with Crippen LogP contribution in [0.15, 0.2) is 23.0 Å². The number of hydrogen-bond acceptors (Lipinski definition) is 2. The molecule has 0 atom stereocenters. The summed E-state index contributed by atoms with van der Waals surface area (Å²) in [5.41, 5.74) is 3.92. The summed E-state index contributed by atoms with van der Waals surface area (Å²) in [6, 6.07) is 6.23. The van der Waals surface area contributed by atoms with Crippen molar-refractivity contribution in [1.82, 2.24) is 15.2 Å². The van der Waals surface area contributed by atoms with E-state index < -0.39 is 0 Å². The number of thiocarbonyl (C=S) groups is 1. The maximum Gasteiger partial charge on any atom is 0.253 e. The van der Waals surface area contributed by atoms with Gasteiger partial charge >= 0.3 is 0 Å². The summed E-state index contributed by atoms with van der Waals surface area (Å²) in [5.74, 6) is 0. The summed E-state index contributed by atoms with van der Waals surface area (Å²) >= 11 is 5.67. The predicted octanol–water partition coefficient (Wildman–Crippen LogP) is -0.499. The van der Waals surface area contributed by atoms with E-state index in [1.807, 2.05) is 13.0 Å². The van der Waals surface area contributed by atoms with Crippen molar-refractivity contribution in [3.8, 4) is 0 Å². The van der Waals surface area contributed by atoms with Crippen molar-refractivity contribution in [1.29, 1.82) is 0 Å². The maximum atomic E-state index is 12.7. The Hall–Kier alpha value is -1.96. The van der Waals surface area contributed by atoms with E-state index in [4.69, 9.17) is 12.2 Å². The van der Waals surface area contributed by atoms with E-state index in [1.165, 1.54) is 15.4 Å². The summed E-state index contributed by atoms with van der Waals surface area (Å²) in [6.45, 7) is 8.33. The van der Waals surface area contributed by atoms with E-state index in [0.29, 0.717) is 6.54 Å². The number of aryl methyl sites for hydroxylation is 2. The molecule has 0 spiro atoms. The van der Waals surface area contributed by atoms with Gasteiger partial charge in [0.05, 0.1) is 59.9 Å². The van der Waals surface area contributed by atoms with Gasteiger partial charge in [0.1, 0.15) is 0 Å². The number of benzene rings is 1. The van der Waals surface area contributed by atoms with Crippen LogP contribution in [0, 0.1) is 13.8 Å². The number of aromatic amines is 1. The Morgan fingerprint density at radius 3 is 2.45 bits per heavy atom. The Morgan fingerprint density at radius 1 is 1.10 bits per heavy atom. The molecule has 1 aromatic carbocycles. The lowest BCUT2D eigenvalue weighted by atomic mass is 10.1. The lowest BCUT2D eigenvalue weighted by Gasteiger charge is -2.26. The number of likely N-dealkylation sites (N-methyl/N-ethyl adjacent to an activating group) is 1. The zero-order chi connectivity index (χ0) is 21.6. The van der Waals surface area contributed by atoms with Crippen LogP contribution in [0.5, 0.6) is 0 Å². The molecule has 0 aliphatic rings. The summed E-state index contributed by atoms with van der Waals surface area (Å²) in [4.78, 5) is 20.7. The van der Waals surface area contributed by atoms with Crippen LogP contribution in [0.25, 0.3) is 10.9 Å². The second-order valence-electron chi connectivity index (χ2n) is 8.59. The van der Waals surface area contributed by atoms with Gasteiger partial charge in [0.15, 0.2) is 5.11 Å². The lowest BCUT2D eigenvalue weighted by molar-refractivity contribution is -0.858. The molecular formula is C22H37N5OS+2. The Balaban J connectivity index is 2.19. The average Bonchev–Trinajstić information content (AvgIpc) is 2.62. The van der Waals surface area contributed by atoms with Gasteiger partial charge in [-0.15, -0.1) is 0 Å². The molecule has 0 aliphatic carbocycles. The van der Waals surface area contributed by atoms with Gasteiger partial charge in [0, 0.05) is 18.5 Å². The number of nitrogens with zero attached hydrogens (tertiary/aromatic N) is 1. The van der Waals surface area contributed by atoms with Crippen molar-refractivity contribution in [2.75, 3.05) is 54.4 Å². The van der Waals surface area contributed by atoms with E-state index in [9.17, 15) is 4.79 Å². The number of aromatic nitrogens is 1. The molecule has 0 fully saturated rings. The van der Waals surface area contributed by atoms with Crippen LogP contribution in [0.3, 0.4) is 0 Å². The van der Waals surface area contributed by atoms with Gasteiger partial charge in [0.25, 0.3) is 5.56 Å². The first-order valence-electron chi connectivity index (χ1n) is 10.4. The van der Waals surface area contributed by atoms with E-state index >= 15 is 0 Å². The van der Waals surface area contributed by atoms with Gasteiger partial charge < -0.3 is 25.0 Å². The second kappa shape index (κ2) is 10.7. The smallest absolute Gasteiger partial charge is 0.253 e. The summed E-state index contributed by atoms with van der Waals surface area (Å²) in [7, 11) is 8.56. The van der Waals surface area contributed by atoms with Crippen molar-refractivity contribution >= 4 is 28.2 Å². The molecule has 0 radical (unpaired) electrons. The van der Waals surface area contributed by atoms with Crippen molar-refractivity contribution in [3.63, 3.8) is 0 Å². The van der Waals surface area contributed by atoms with Crippen LogP contribution >= 0.6 is 12.2 Å². The average molecular weight is 420 g/mol. The van der Waals surface area contributed by atoms with Crippen LogP contribution in [0.4, 0.5) is 0 Å². The fourth-order valence-corrected chi connectivity index (χ4v) is 3.67. The monoisotopic (exact) mass is 419 g/mol. The zero-order valence-corrected chi connectivity index (χ0v) is 19.6. The quantitative estimate of drug-likeness (QED) is 0.327. The molecule has 0 unspecified atom stereocenters. The SMILES string of the molecule is Cc1cc(C)c2[nH]c(=O)c(CN(CC[NH+](C)C)C(=S)NCCC[NH+](C)C)cc2c1. The zero-order valence-electron chi connectivity index (χ0n) is 18.7. The third-order valence-electron chi connectivity index (χ3n) is 5.03. The van der Waals surface area contributed by atoms with Crippen molar-refractivity contribution in [2.45, 2.75) is 26.8 Å². The second-order valence-corrected chi connectivity index (χ2v) is 8.98.